The average Bonchev–Trinajstić information content (AvgIpc) is 1.82. The molecule has 0 heterocycles. The Morgan fingerprint density at radius 3 is 2.11 bits per heavy atom. The van der Waals surface area contributed by atoms with Crippen molar-refractivity contribution in [3.63, 3.8) is 0 Å². The van der Waals surface area contributed by atoms with Crippen molar-refractivity contribution in [2.24, 2.45) is 5.92 Å². The fourth-order valence-corrected chi connectivity index (χ4v) is 1.41. The van der Waals surface area contributed by atoms with E-state index in [0.717, 1.165) is 12.8 Å². The zero-order chi connectivity index (χ0) is 7.28. The Hall–Kier alpha value is 0.100. The van der Waals surface area contributed by atoms with E-state index in [1.807, 2.05) is 0 Å². The molecular formula is C7H15OP. The lowest BCUT2D eigenvalue weighted by Gasteiger charge is -2.10. The van der Waals surface area contributed by atoms with E-state index < -0.39 is 0 Å². The van der Waals surface area contributed by atoms with Crippen LogP contribution < -0.4 is 0 Å². The summed E-state index contributed by atoms with van der Waals surface area (Å²) in [6.45, 7) is 6.36. The van der Waals surface area contributed by atoms with Gasteiger partial charge in [0.25, 0.3) is 0 Å². The zero-order valence-corrected chi connectivity index (χ0v) is 7.32. The van der Waals surface area contributed by atoms with E-state index in [2.05, 4.69) is 20.8 Å². The number of hydrogen-bond acceptors (Lipinski definition) is 1. The van der Waals surface area contributed by atoms with Crippen LogP contribution in [-0.4, -0.2) is 5.66 Å². The minimum Gasteiger partial charge on any atom is -0.275 e. The third-order valence-corrected chi connectivity index (χ3v) is 2.61. The molecule has 2 heteroatoms. The van der Waals surface area contributed by atoms with Gasteiger partial charge >= 0.3 is 0 Å². The molecule has 0 fully saturated rings. The third kappa shape index (κ3) is 3.64. The highest BCUT2D eigenvalue weighted by Crippen LogP contribution is 2.21. The molecule has 0 aromatic rings. The largest absolute Gasteiger partial charge is 0.275 e. The summed E-state index contributed by atoms with van der Waals surface area (Å²) in [5, 5.41) is 0. The predicted octanol–water partition coefficient (Wildman–Crippen LogP) is 3.10. The van der Waals surface area contributed by atoms with Crippen LogP contribution in [0.1, 0.15) is 33.6 Å². The van der Waals surface area contributed by atoms with Gasteiger partial charge in [-0.05, 0) is 12.3 Å². The Labute approximate surface area is 59.0 Å². The van der Waals surface area contributed by atoms with E-state index in [0.29, 0.717) is 20.0 Å². The Bertz CT molecular complexity index is 81.0. The van der Waals surface area contributed by atoms with Crippen molar-refractivity contribution in [2.45, 2.75) is 39.3 Å². The molecule has 0 radical (unpaired) electrons. The second-order valence-corrected chi connectivity index (χ2v) is 3.58. The van der Waals surface area contributed by atoms with E-state index >= 15 is 0 Å². The Morgan fingerprint density at radius 1 is 1.44 bits per heavy atom. The summed E-state index contributed by atoms with van der Waals surface area (Å²) in [6.07, 6.45) is 2.22. The SMILES string of the molecule is CCCC(P=O)C(C)C. The Kier molecular flexibility index (Phi) is 4.99. The molecule has 0 aliphatic carbocycles. The highest BCUT2D eigenvalue weighted by atomic mass is 31.1. The van der Waals surface area contributed by atoms with Crippen molar-refractivity contribution < 1.29 is 4.57 Å². The lowest BCUT2D eigenvalue weighted by atomic mass is 10.1. The van der Waals surface area contributed by atoms with Crippen LogP contribution >= 0.6 is 8.46 Å². The molecule has 0 saturated carbocycles. The van der Waals surface area contributed by atoms with Crippen molar-refractivity contribution in [2.75, 3.05) is 0 Å². The first-order valence-electron chi connectivity index (χ1n) is 3.54. The van der Waals surface area contributed by atoms with E-state index in [1.165, 1.54) is 0 Å². The predicted molar refractivity (Wildman–Crippen MR) is 41.1 cm³/mol. The maximum atomic E-state index is 10.4. The summed E-state index contributed by atoms with van der Waals surface area (Å²) in [4.78, 5) is 0. The fraction of sp³-hybridized carbons (Fsp3) is 1.00. The summed E-state index contributed by atoms with van der Waals surface area (Å²) < 4.78 is 10.4. The summed E-state index contributed by atoms with van der Waals surface area (Å²) in [6, 6.07) is 0. The summed E-state index contributed by atoms with van der Waals surface area (Å²) >= 11 is 0. The van der Waals surface area contributed by atoms with E-state index in [1.54, 1.807) is 0 Å². The molecule has 0 N–H and O–H groups in total. The monoisotopic (exact) mass is 146 g/mol. The smallest absolute Gasteiger partial charge is 0.158 e. The van der Waals surface area contributed by atoms with Crippen molar-refractivity contribution in [1.29, 1.82) is 0 Å². The Morgan fingerprint density at radius 2 is 2.00 bits per heavy atom. The molecule has 9 heavy (non-hydrogen) atoms. The first-order chi connectivity index (χ1) is 4.22. The van der Waals surface area contributed by atoms with Crippen LogP contribution in [0.25, 0.3) is 0 Å². The molecule has 1 atom stereocenters. The normalized spacial score (nSPS) is 14.7. The van der Waals surface area contributed by atoms with Crippen LogP contribution in [-0.2, 0) is 4.57 Å². The molecule has 0 aromatic heterocycles. The molecule has 0 amide bonds. The maximum absolute atomic E-state index is 10.4. The van der Waals surface area contributed by atoms with Gasteiger partial charge in [0.05, 0.1) is 0 Å². The van der Waals surface area contributed by atoms with Gasteiger partial charge < -0.3 is 0 Å². The average molecular weight is 146 g/mol. The number of rotatable bonds is 4. The van der Waals surface area contributed by atoms with Crippen LogP contribution in [0.4, 0.5) is 0 Å². The minimum absolute atomic E-state index is 0.319. The molecule has 1 nitrogen and oxygen atoms in total. The standard InChI is InChI=1S/C7H15OP/c1-4-5-7(9-8)6(2)3/h6-7H,4-5H2,1-3H3. The van der Waals surface area contributed by atoms with Gasteiger partial charge in [-0.1, -0.05) is 27.2 Å². The zero-order valence-electron chi connectivity index (χ0n) is 6.42. The first kappa shape index (κ1) is 9.10. The molecule has 0 saturated heterocycles. The molecule has 54 valence electrons. The van der Waals surface area contributed by atoms with Crippen LogP contribution in [0.2, 0.25) is 0 Å². The molecular weight excluding hydrogens is 131 g/mol. The summed E-state index contributed by atoms with van der Waals surface area (Å²) in [5.74, 6) is 0.559. The first-order valence-corrected chi connectivity index (χ1v) is 4.43. The van der Waals surface area contributed by atoms with Gasteiger partial charge in [0.2, 0.25) is 0 Å². The fourth-order valence-electron chi connectivity index (χ4n) is 0.804. The van der Waals surface area contributed by atoms with Crippen LogP contribution in [0.15, 0.2) is 0 Å². The van der Waals surface area contributed by atoms with Crippen molar-refractivity contribution in [1.82, 2.24) is 0 Å². The van der Waals surface area contributed by atoms with Gasteiger partial charge in [0.15, 0.2) is 8.46 Å². The van der Waals surface area contributed by atoms with Crippen molar-refractivity contribution in [3.05, 3.63) is 0 Å². The molecule has 1 unspecified atom stereocenters. The van der Waals surface area contributed by atoms with Gasteiger partial charge in [0.1, 0.15) is 0 Å². The second-order valence-electron chi connectivity index (χ2n) is 2.71. The minimum atomic E-state index is 0.319. The molecule has 0 aromatic carbocycles. The topological polar surface area (TPSA) is 17.1 Å². The maximum Gasteiger partial charge on any atom is 0.158 e. The van der Waals surface area contributed by atoms with Crippen LogP contribution in [0, 0.1) is 5.92 Å². The van der Waals surface area contributed by atoms with Gasteiger partial charge in [-0.3, -0.25) is 4.57 Å². The van der Waals surface area contributed by atoms with Gasteiger partial charge in [-0.25, -0.2) is 0 Å². The molecule has 0 spiro atoms. The van der Waals surface area contributed by atoms with Gasteiger partial charge in [-0.2, -0.15) is 0 Å². The van der Waals surface area contributed by atoms with E-state index in [9.17, 15) is 4.57 Å². The summed E-state index contributed by atoms with van der Waals surface area (Å²) in [7, 11) is 0.319. The number of hydrogen-bond donors (Lipinski definition) is 0. The quantitative estimate of drug-likeness (QED) is 0.557. The molecule has 0 rings (SSSR count). The molecule has 0 aliphatic heterocycles. The van der Waals surface area contributed by atoms with Crippen LogP contribution in [0.5, 0.6) is 0 Å². The summed E-state index contributed by atoms with van der Waals surface area (Å²) in [5.41, 5.74) is 0.384. The third-order valence-electron chi connectivity index (χ3n) is 1.49. The lowest BCUT2D eigenvalue weighted by Crippen LogP contribution is -2.06. The van der Waals surface area contributed by atoms with Gasteiger partial charge in [-0.15, -0.1) is 0 Å². The van der Waals surface area contributed by atoms with E-state index in [-0.39, 0.29) is 0 Å². The van der Waals surface area contributed by atoms with Crippen LogP contribution in [0.3, 0.4) is 0 Å². The Balaban J connectivity index is 3.54. The second kappa shape index (κ2) is 4.93. The molecule has 0 bridgehead atoms. The highest BCUT2D eigenvalue weighted by molar-refractivity contribution is 7.24. The van der Waals surface area contributed by atoms with Gasteiger partial charge in [0, 0.05) is 5.66 Å². The van der Waals surface area contributed by atoms with E-state index in [4.69, 9.17) is 0 Å². The van der Waals surface area contributed by atoms with Crippen molar-refractivity contribution in [3.8, 4) is 0 Å². The van der Waals surface area contributed by atoms with Crippen molar-refractivity contribution >= 4 is 8.46 Å². The molecule has 0 aliphatic rings. The highest BCUT2D eigenvalue weighted by Gasteiger charge is 2.10. The lowest BCUT2D eigenvalue weighted by molar-refractivity contribution is 0.529.